The van der Waals surface area contributed by atoms with Gasteiger partial charge in [-0.2, -0.15) is 0 Å². The van der Waals surface area contributed by atoms with Gasteiger partial charge in [-0.3, -0.25) is 4.79 Å². The van der Waals surface area contributed by atoms with E-state index in [0.717, 1.165) is 5.56 Å². The van der Waals surface area contributed by atoms with Crippen LogP contribution < -0.4 is 9.47 Å². The number of hydrogen-bond acceptors (Lipinski definition) is 5. The van der Waals surface area contributed by atoms with E-state index < -0.39 is 0 Å². The van der Waals surface area contributed by atoms with Crippen LogP contribution >= 0.6 is 0 Å². The molecule has 5 nitrogen and oxygen atoms in total. The van der Waals surface area contributed by atoms with Crippen LogP contribution in [0.4, 0.5) is 0 Å². The number of carbonyl (C=O) groups excluding carboxylic acids is 1. The molecule has 0 unspecified atom stereocenters. The lowest BCUT2D eigenvalue weighted by Crippen LogP contribution is -2.08. The summed E-state index contributed by atoms with van der Waals surface area (Å²) in [6.07, 6.45) is 3.17. The van der Waals surface area contributed by atoms with Crippen molar-refractivity contribution >= 4 is 11.9 Å². The summed E-state index contributed by atoms with van der Waals surface area (Å²) in [6, 6.07) is 8.02. The molecular formula is C23H28O5. The predicted octanol–water partition coefficient (Wildman–Crippen LogP) is 5.02. The quantitative estimate of drug-likeness (QED) is 0.393. The molecule has 2 aromatic carbocycles. The Morgan fingerprint density at radius 3 is 2.25 bits per heavy atom. The van der Waals surface area contributed by atoms with Gasteiger partial charge in [0.1, 0.15) is 22.8 Å². The second-order valence-corrected chi connectivity index (χ2v) is 6.91. The minimum absolute atomic E-state index is 0.0316. The van der Waals surface area contributed by atoms with Gasteiger partial charge >= 0.3 is 0 Å². The highest BCUT2D eigenvalue weighted by molar-refractivity contribution is 6.11. The number of hydrogen-bond donors (Lipinski definition) is 1. The zero-order valence-electron chi connectivity index (χ0n) is 17.3. The largest absolute Gasteiger partial charge is 0.507 e. The van der Waals surface area contributed by atoms with E-state index in [9.17, 15) is 9.90 Å². The molecule has 0 aromatic heterocycles. The van der Waals surface area contributed by atoms with E-state index in [1.807, 2.05) is 24.3 Å². The Hall–Kier alpha value is -2.79. The fourth-order valence-electron chi connectivity index (χ4n) is 3.04. The highest BCUT2D eigenvalue weighted by Crippen LogP contribution is 2.42. The molecule has 0 saturated heterocycles. The van der Waals surface area contributed by atoms with Gasteiger partial charge in [0.05, 0.1) is 7.11 Å². The molecule has 0 aliphatic heterocycles. The summed E-state index contributed by atoms with van der Waals surface area (Å²) in [5.41, 5.74) is 3.36. The van der Waals surface area contributed by atoms with E-state index in [1.165, 1.54) is 25.9 Å². The van der Waals surface area contributed by atoms with Gasteiger partial charge < -0.3 is 19.3 Å². The molecule has 5 heteroatoms. The lowest BCUT2D eigenvalue weighted by atomic mass is 9.98. The van der Waals surface area contributed by atoms with E-state index in [4.69, 9.17) is 14.2 Å². The molecule has 0 atom stereocenters. The number of phenols is 1. The van der Waals surface area contributed by atoms with Gasteiger partial charge in [0, 0.05) is 18.2 Å². The smallest absolute Gasteiger partial charge is 0.193 e. The first kappa shape index (κ1) is 21.5. The molecule has 150 valence electrons. The monoisotopic (exact) mass is 384 g/mol. The first-order valence-corrected chi connectivity index (χ1v) is 9.16. The van der Waals surface area contributed by atoms with Crippen molar-refractivity contribution in [1.82, 2.24) is 0 Å². The third-order valence-electron chi connectivity index (χ3n) is 4.64. The van der Waals surface area contributed by atoms with Gasteiger partial charge in [-0.15, -0.1) is 0 Å². The Balaban J connectivity index is 2.39. The number of phenolic OH excluding ortho intramolecular Hbond substituents is 1. The average Bonchev–Trinajstić information content (AvgIpc) is 2.69. The van der Waals surface area contributed by atoms with Crippen molar-refractivity contribution < 1.29 is 24.1 Å². The number of rotatable bonds is 8. The van der Waals surface area contributed by atoms with Crippen LogP contribution in [0.15, 0.2) is 30.3 Å². The molecular weight excluding hydrogens is 356 g/mol. The molecule has 0 radical (unpaired) electrons. The van der Waals surface area contributed by atoms with Crippen molar-refractivity contribution in [3.63, 3.8) is 0 Å². The lowest BCUT2D eigenvalue weighted by molar-refractivity contribution is 0.0497. The van der Waals surface area contributed by atoms with Crippen LogP contribution in [0.2, 0.25) is 0 Å². The average molecular weight is 384 g/mol. The first-order valence-electron chi connectivity index (χ1n) is 9.16. The molecule has 0 bridgehead atoms. The van der Waals surface area contributed by atoms with Gasteiger partial charge in [-0.1, -0.05) is 44.2 Å². The molecule has 1 N–H and O–H groups in total. The summed E-state index contributed by atoms with van der Waals surface area (Å²) in [6.45, 7) is 7.77. The molecule has 2 rings (SSSR count). The van der Waals surface area contributed by atoms with Gasteiger partial charge in [0.15, 0.2) is 12.6 Å². The van der Waals surface area contributed by atoms with Crippen molar-refractivity contribution in [3.05, 3.63) is 58.2 Å². The third-order valence-corrected chi connectivity index (χ3v) is 4.64. The van der Waals surface area contributed by atoms with E-state index in [0.29, 0.717) is 28.5 Å². The number of ether oxygens (including phenoxy) is 3. The predicted molar refractivity (Wildman–Crippen MR) is 111 cm³/mol. The molecule has 0 amide bonds. The fourth-order valence-corrected chi connectivity index (χ4v) is 3.04. The number of benzene rings is 2. The number of methoxy groups -OCH3 is 2. The second kappa shape index (κ2) is 9.42. The standard InChI is InChI=1S/C23H28O5/c1-14(2)18-10-7-17(8-11-18)9-12-19(24)20-21(25)15(3)22(28-13-26-5)16(4)23(20)27-6/h7-12,14,25H,13H2,1-6H3. The van der Waals surface area contributed by atoms with Gasteiger partial charge in [0.2, 0.25) is 0 Å². The van der Waals surface area contributed by atoms with Crippen LogP contribution in [-0.2, 0) is 4.74 Å². The van der Waals surface area contributed by atoms with Gasteiger partial charge in [0.25, 0.3) is 0 Å². The maximum absolute atomic E-state index is 12.8. The molecule has 0 aliphatic carbocycles. The molecule has 0 aliphatic rings. The fraction of sp³-hybridized carbons (Fsp3) is 0.348. The lowest BCUT2D eigenvalue weighted by Gasteiger charge is -2.19. The maximum Gasteiger partial charge on any atom is 0.193 e. The molecule has 0 saturated carbocycles. The first-order chi connectivity index (χ1) is 13.3. The Labute approximate surface area is 166 Å². The Morgan fingerprint density at radius 1 is 1.07 bits per heavy atom. The van der Waals surface area contributed by atoms with Crippen molar-refractivity contribution in [1.29, 1.82) is 0 Å². The van der Waals surface area contributed by atoms with Gasteiger partial charge in [-0.05, 0) is 37.0 Å². The normalized spacial score (nSPS) is 11.2. The summed E-state index contributed by atoms with van der Waals surface area (Å²) >= 11 is 0. The Kier molecular flexibility index (Phi) is 7.24. The number of ketones is 1. The highest BCUT2D eigenvalue weighted by atomic mass is 16.7. The zero-order chi connectivity index (χ0) is 20.8. The van der Waals surface area contributed by atoms with Crippen molar-refractivity contribution in [2.24, 2.45) is 0 Å². The molecule has 2 aromatic rings. The van der Waals surface area contributed by atoms with Crippen molar-refractivity contribution in [2.45, 2.75) is 33.6 Å². The third kappa shape index (κ3) is 4.54. The van der Waals surface area contributed by atoms with Crippen LogP contribution in [-0.4, -0.2) is 31.9 Å². The van der Waals surface area contributed by atoms with Crippen molar-refractivity contribution in [2.75, 3.05) is 21.0 Å². The van der Waals surface area contributed by atoms with Gasteiger partial charge in [-0.25, -0.2) is 0 Å². The van der Waals surface area contributed by atoms with Crippen molar-refractivity contribution in [3.8, 4) is 17.2 Å². The summed E-state index contributed by atoms with van der Waals surface area (Å²) in [7, 11) is 2.97. The highest BCUT2D eigenvalue weighted by Gasteiger charge is 2.24. The number of allylic oxidation sites excluding steroid dienone is 1. The maximum atomic E-state index is 12.8. The Morgan fingerprint density at radius 2 is 1.71 bits per heavy atom. The van der Waals surface area contributed by atoms with Crippen LogP contribution in [0.3, 0.4) is 0 Å². The van der Waals surface area contributed by atoms with Crippen LogP contribution in [0.5, 0.6) is 17.2 Å². The molecule has 0 fully saturated rings. The van der Waals surface area contributed by atoms with E-state index in [1.54, 1.807) is 19.9 Å². The molecule has 0 heterocycles. The minimum atomic E-state index is -0.341. The second-order valence-electron chi connectivity index (χ2n) is 6.91. The molecule has 0 spiro atoms. The summed E-state index contributed by atoms with van der Waals surface area (Å²) in [5, 5.41) is 10.6. The molecule has 28 heavy (non-hydrogen) atoms. The van der Waals surface area contributed by atoms with Crippen LogP contribution in [0, 0.1) is 13.8 Å². The number of aromatic hydroxyl groups is 1. The summed E-state index contributed by atoms with van der Waals surface area (Å²) in [5.74, 6) is 0.691. The summed E-state index contributed by atoms with van der Waals surface area (Å²) in [4.78, 5) is 12.8. The van der Waals surface area contributed by atoms with E-state index in [-0.39, 0.29) is 23.9 Å². The van der Waals surface area contributed by atoms with Crippen LogP contribution in [0.1, 0.15) is 52.4 Å². The zero-order valence-corrected chi connectivity index (χ0v) is 17.3. The SMILES string of the molecule is COCOc1c(C)c(O)c(C(=O)C=Cc2ccc(C(C)C)cc2)c(OC)c1C. The Bertz CT molecular complexity index is 864. The minimum Gasteiger partial charge on any atom is -0.507 e. The topological polar surface area (TPSA) is 65.0 Å². The number of carbonyl (C=O) groups is 1. The van der Waals surface area contributed by atoms with E-state index in [2.05, 4.69) is 13.8 Å². The summed E-state index contributed by atoms with van der Waals surface area (Å²) < 4.78 is 15.9. The van der Waals surface area contributed by atoms with E-state index >= 15 is 0 Å². The van der Waals surface area contributed by atoms with Crippen LogP contribution in [0.25, 0.3) is 6.08 Å².